The molecule has 45 heavy (non-hydrogen) atoms. The third kappa shape index (κ3) is 6.53. The standard InChI is InChI=1S/C32H28F4N6O2S/c1-19(2)26-16-23(33)8-13-27(26)42-20(3)17-45-30(42)38-29(43)39-31(14-15-31)22-6-4-21(5-7-22)28-37-18-41(40-28)24-9-11-25(12-10-24)44-32(34,35)36/h4-13,16-19H,14-15H2,1-3H3,(H,39,43). The van der Waals surface area contributed by atoms with E-state index >= 15 is 0 Å². The van der Waals surface area contributed by atoms with Crippen molar-refractivity contribution in [2.75, 3.05) is 0 Å². The highest BCUT2D eigenvalue weighted by Gasteiger charge is 2.45. The fourth-order valence-corrected chi connectivity index (χ4v) is 6.01. The van der Waals surface area contributed by atoms with Crippen LogP contribution in [0.3, 0.4) is 0 Å². The van der Waals surface area contributed by atoms with Crippen molar-refractivity contribution in [1.29, 1.82) is 0 Å². The van der Waals surface area contributed by atoms with E-state index in [9.17, 15) is 22.4 Å². The Morgan fingerprint density at radius 3 is 2.42 bits per heavy atom. The molecule has 1 N–H and O–H groups in total. The van der Waals surface area contributed by atoms with E-state index in [1.54, 1.807) is 6.07 Å². The van der Waals surface area contributed by atoms with Gasteiger partial charge in [0.05, 0.1) is 16.9 Å². The fourth-order valence-electron chi connectivity index (χ4n) is 5.14. The molecule has 2 aromatic heterocycles. The molecule has 2 amide bonds. The van der Waals surface area contributed by atoms with Gasteiger partial charge in [0, 0.05) is 16.6 Å². The zero-order chi connectivity index (χ0) is 31.9. The molecule has 232 valence electrons. The molecular weight excluding hydrogens is 608 g/mol. The van der Waals surface area contributed by atoms with E-state index in [4.69, 9.17) is 0 Å². The number of urea groups is 1. The molecule has 1 aliphatic carbocycles. The molecule has 2 heterocycles. The summed E-state index contributed by atoms with van der Waals surface area (Å²) in [6.07, 6.45) is -1.78. The molecular formula is C32H28F4N6O2S. The summed E-state index contributed by atoms with van der Waals surface area (Å²) in [5.41, 5.74) is 4.14. The van der Waals surface area contributed by atoms with E-state index < -0.39 is 17.9 Å². The van der Waals surface area contributed by atoms with Crippen LogP contribution in [0.4, 0.5) is 22.4 Å². The van der Waals surface area contributed by atoms with Crippen LogP contribution in [-0.4, -0.2) is 31.7 Å². The predicted molar refractivity (Wildman–Crippen MR) is 161 cm³/mol. The Labute approximate surface area is 259 Å². The Morgan fingerprint density at radius 1 is 1.07 bits per heavy atom. The zero-order valence-electron chi connectivity index (χ0n) is 24.5. The van der Waals surface area contributed by atoms with Crippen LogP contribution in [0.25, 0.3) is 22.8 Å². The first-order valence-electron chi connectivity index (χ1n) is 14.1. The molecule has 6 rings (SSSR count). The van der Waals surface area contributed by atoms with Gasteiger partial charge in [0.25, 0.3) is 0 Å². The quantitative estimate of drug-likeness (QED) is 0.187. The number of aromatic nitrogens is 4. The third-order valence-corrected chi connectivity index (χ3v) is 8.49. The number of benzene rings is 3. The third-order valence-electron chi connectivity index (χ3n) is 7.55. The van der Waals surface area contributed by atoms with Crippen LogP contribution in [-0.2, 0) is 5.54 Å². The SMILES string of the molecule is Cc1csc(=NC(=O)NC2(c3ccc(-c4ncn(-c5ccc(OC(F)(F)F)cc5)n4)cc3)CC2)n1-c1ccc(F)cc1C(C)C. The number of hydrogen-bond acceptors (Lipinski definition) is 5. The number of carbonyl (C=O) groups excluding carboxylic acids is 1. The lowest BCUT2D eigenvalue weighted by atomic mass is 10.0. The molecule has 8 nitrogen and oxygen atoms in total. The summed E-state index contributed by atoms with van der Waals surface area (Å²) in [5, 5.41) is 9.45. The number of nitrogens with zero attached hydrogens (tertiary/aromatic N) is 5. The van der Waals surface area contributed by atoms with E-state index in [1.165, 1.54) is 58.7 Å². The van der Waals surface area contributed by atoms with Crippen molar-refractivity contribution < 1.29 is 27.1 Å². The molecule has 0 saturated heterocycles. The van der Waals surface area contributed by atoms with Crippen LogP contribution in [0.15, 0.2) is 83.4 Å². The van der Waals surface area contributed by atoms with Crippen molar-refractivity contribution in [3.8, 4) is 28.5 Å². The van der Waals surface area contributed by atoms with Crippen LogP contribution in [0.2, 0.25) is 0 Å². The highest BCUT2D eigenvalue weighted by atomic mass is 32.1. The van der Waals surface area contributed by atoms with E-state index in [0.717, 1.165) is 40.9 Å². The minimum absolute atomic E-state index is 0.0686. The van der Waals surface area contributed by atoms with Gasteiger partial charge in [0.2, 0.25) is 0 Å². The second-order valence-electron chi connectivity index (χ2n) is 11.1. The molecule has 0 unspecified atom stereocenters. The van der Waals surface area contributed by atoms with Crippen molar-refractivity contribution >= 4 is 17.4 Å². The molecule has 1 saturated carbocycles. The summed E-state index contributed by atoms with van der Waals surface area (Å²) in [4.78, 5) is 22.4. The minimum Gasteiger partial charge on any atom is -0.406 e. The lowest BCUT2D eigenvalue weighted by Gasteiger charge is -2.17. The molecule has 0 radical (unpaired) electrons. The van der Waals surface area contributed by atoms with Gasteiger partial charge in [-0.15, -0.1) is 29.6 Å². The lowest BCUT2D eigenvalue weighted by molar-refractivity contribution is -0.274. The molecule has 0 spiro atoms. The number of alkyl halides is 3. The smallest absolute Gasteiger partial charge is 0.406 e. The van der Waals surface area contributed by atoms with Crippen LogP contribution in [0.1, 0.15) is 49.4 Å². The lowest BCUT2D eigenvalue weighted by Crippen LogP contribution is -2.34. The maximum absolute atomic E-state index is 14.0. The van der Waals surface area contributed by atoms with Crippen molar-refractivity contribution in [3.63, 3.8) is 0 Å². The van der Waals surface area contributed by atoms with Gasteiger partial charge in [0.15, 0.2) is 10.6 Å². The molecule has 1 aliphatic rings. The topological polar surface area (TPSA) is 86.3 Å². The number of aryl methyl sites for hydroxylation is 1. The van der Waals surface area contributed by atoms with Gasteiger partial charge in [-0.2, -0.15) is 4.99 Å². The molecule has 5 aromatic rings. The number of nitrogens with one attached hydrogen (secondary N) is 1. The van der Waals surface area contributed by atoms with Crippen molar-refractivity contribution in [2.45, 2.75) is 51.4 Å². The zero-order valence-corrected chi connectivity index (χ0v) is 25.3. The Kier molecular flexibility index (Phi) is 7.81. The predicted octanol–water partition coefficient (Wildman–Crippen LogP) is 7.56. The molecule has 0 atom stereocenters. The molecule has 3 aromatic carbocycles. The number of amides is 2. The largest absolute Gasteiger partial charge is 0.573 e. The highest BCUT2D eigenvalue weighted by molar-refractivity contribution is 7.07. The van der Waals surface area contributed by atoms with E-state index in [0.29, 0.717) is 16.3 Å². The van der Waals surface area contributed by atoms with E-state index in [2.05, 4.69) is 25.1 Å². The van der Waals surface area contributed by atoms with Crippen LogP contribution < -0.4 is 14.9 Å². The Hall–Kier alpha value is -4.78. The minimum atomic E-state index is -4.76. The average molecular weight is 637 g/mol. The number of carbonyl (C=O) groups is 1. The Morgan fingerprint density at radius 2 is 1.78 bits per heavy atom. The first-order valence-corrected chi connectivity index (χ1v) is 15.0. The normalized spacial score (nSPS) is 14.5. The summed E-state index contributed by atoms with van der Waals surface area (Å²) < 4.78 is 58.6. The van der Waals surface area contributed by atoms with Crippen molar-refractivity contribution in [1.82, 2.24) is 24.6 Å². The molecule has 1 fully saturated rings. The molecule has 0 bridgehead atoms. The maximum atomic E-state index is 14.0. The van der Waals surface area contributed by atoms with Gasteiger partial charge in [0.1, 0.15) is 17.9 Å². The van der Waals surface area contributed by atoms with Crippen LogP contribution in [0, 0.1) is 12.7 Å². The number of rotatable bonds is 7. The summed E-state index contributed by atoms with van der Waals surface area (Å²) >= 11 is 1.34. The highest BCUT2D eigenvalue weighted by Crippen LogP contribution is 2.46. The van der Waals surface area contributed by atoms with Gasteiger partial charge >= 0.3 is 12.4 Å². The maximum Gasteiger partial charge on any atom is 0.573 e. The summed E-state index contributed by atoms with van der Waals surface area (Å²) in [6, 6.07) is 17.0. The van der Waals surface area contributed by atoms with Crippen molar-refractivity contribution in [3.05, 3.63) is 106 Å². The van der Waals surface area contributed by atoms with Gasteiger partial charge in [-0.05, 0) is 79.3 Å². The first kappa shape index (κ1) is 30.3. The van der Waals surface area contributed by atoms with Gasteiger partial charge in [-0.25, -0.2) is 18.9 Å². The number of thiazole rings is 1. The van der Waals surface area contributed by atoms with E-state index in [1.807, 2.05) is 55.0 Å². The Balaban J connectivity index is 1.18. The monoisotopic (exact) mass is 636 g/mol. The second-order valence-corrected chi connectivity index (χ2v) is 11.9. The fraction of sp³-hybridized carbons (Fsp3) is 0.250. The van der Waals surface area contributed by atoms with E-state index in [-0.39, 0.29) is 17.5 Å². The number of hydrogen-bond donors (Lipinski definition) is 1. The second kappa shape index (κ2) is 11.6. The van der Waals surface area contributed by atoms with Gasteiger partial charge in [-0.1, -0.05) is 38.1 Å². The van der Waals surface area contributed by atoms with Gasteiger partial charge < -0.3 is 10.1 Å². The Bertz CT molecular complexity index is 1920. The molecule has 0 aliphatic heterocycles. The van der Waals surface area contributed by atoms with Crippen LogP contribution in [0.5, 0.6) is 5.75 Å². The van der Waals surface area contributed by atoms with Crippen molar-refractivity contribution in [2.24, 2.45) is 4.99 Å². The average Bonchev–Trinajstić information content (AvgIpc) is 3.43. The number of halogens is 4. The first-order chi connectivity index (χ1) is 21.4. The molecule has 13 heteroatoms. The summed E-state index contributed by atoms with van der Waals surface area (Å²) in [5.74, 6) is -0.139. The van der Waals surface area contributed by atoms with Crippen LogP contribution >= 0.6 is 11.3 Å². The van der Waals surface area contributed by atoms with Gasteiger partial charge in [-0.3, -0.25) is 4.57 Å². The summed E-state index contributed by atoms with van der Waals surface area (Å²) in [7, 11) is 0. The summed E-state index contributed by atoms with van der Waals surface area (Å²) in [6.45, 7) is 5.91. The number of ether oxygens (including phenoxy) is 1.